The summed E-state index contributed by atoms with van der Waals surface area (Å²) in [5.74, 6) is 0.867. The van der Waals surface area contributed by atoms with Crippen LogP contribution in [0.25, 0.3) is 10.9 Å². The van der Waals surface area contributed by atoms with Gasteiger partial charge in [0.25, 0.3) is 0 Å². The van der Waals surface area contributed by atoms with Gasteiger partial charge in [0, 0.05) is 11.6 Å². The maximum absolute atomic E-state index is 5.65. The molecule has 1 N–H and O–H groups in total. The van der Waals surface area contributed by atoms with Gasteiger partial charge in [0.05, 0.1) is 12.6 Å². The van der Waals surface area contributed by atoms with Crippen LogP contribution < -0.4 is 26.0 Å². The molecule has 0 saturated heterocycles. The van der Waals surface area contributed by atoms with Crippen LogP contribution in [-0.2, 0) is 0 Å². The lowest BCUT2D eigenvalue weighted by atomic mass is 10.2. The lowest BCUT2D eigenvalue weighted by Crippen LogP contribution is -2.38. The number of fused-ring (bicyclic) bond motifs is 1. The summed E-state index contributed by atoms with van der Waals surface area (Å²) in [6.45, 7) is 0. The van der Waals surface area contributed by atoms with Gasteiger partial charge in [0.15, 0.2) is 0 Å². The van der Waals surface area contributed by atoms with Crippen LogP contribution in [0.3, 0.4) is 0 Å². The highest BCUT2D eigenvalue weighted by Gasteiger charge is 2.49. The van der Waals surface area contributed by atoms with Crippen molar-refractivity contribution in [1.29, 1.82) is 0 Å². The van der Waals surface area contributed by atoms with Crippen LogP contribution >= 0.6 is 7.26 Å². The van der Waals surface area contributed by atoms with E-state index in [0.717, 1.165) is 11.3 Å². The Balaban J connectivity index is 1.97. The molecule has 5 aromatic rings. The first-order valence-corrected chi connectivity index (χ1v) is 11.8. The van der Waals surface area contributed by atoms with Crippen molar-refractivity contribution in [2.75, 3.05) is 7.11 Å². The van der Waals surface area contributed by atoms with Crippen molar-refractivity contribution in [2.24, 2.45) is 0 Å². The Morgan fingerprint density at radius 2 is 1.10 bits per heavy atom. The fourth-order valence-corrected chi connectivity index (χ4v) is 8.83. The van der Waals surface area contributed by atoms with E-state index in [9.17, 15) is 0 Å². The van der Waals surface area contributed by atoms with Crippen molar-refractivity contribution in [3.8, 4) is 5.75 Å². The molecular weight excluding hydrogens is 385 g/mol. The Morgan fingerprint density at radius 3 is 1.57 bits per heavy atom. The number of methoxy groups -OCH3 is 1. The largest absolute Gasteiger partial charge is 0.495 e. The number of benzene rings is 4. The average Bonchev–Trinajstić information content (AvgIpc) is 3.32. The highest BCUT2D eigenvalue weighted by Crippen LogP contribution is 2.55. The standard InChI is InChI=1S/C27H23NOP/c1-29-25-17-18-26(24-19-20-28-27(24)25)30(21-11-5-2-6-12-21,22-13-7-3-8-14-22)23-15-9-4-10-16-23/h2-20,28H,1H3/q+1. The number of aromatic nitrogens is 1. The average molecular weight is 408 g/mol. The summed E-state index contributed by atoms with van der Waals surface area (Å²) in [5.41, 5.74) is 1.04. The van der Waals surface area contributed by atoms with Crippen LogP contribution in [-0.4, -0.2) is 12.1 Å². The van der Waals surface area contributed by atoms with Gasteiger partial charge in [-0.2, -0.15) is 0 Å². The number of ether oxygens (including phenoxy) is 1. The quantitative estimate of drug-likeness (QED) is 0.416. The third-order valence-electron chi connectivity index (χ3n) is 5.67. The van der Waals surface area contributed by atoms with E-state index in [4.69, 9.17) is 4.74 Å². The number of aromatic amines is 1. The summed E-state index contributed by atoms with van der Waals surface area (Å²) in [6.07, 6.45) is 2.01. The van der Waals surface area contributed by atoms with E-state index in [1.807, 2.05) is 6.20 Å². The van der Waals surface area contributed by atoms with E-state index in [-0.39, 0.29) is 0 Å². The second kappa shape index (κ2) is 7.82. The summed E-state index contributed by atoms with van der Waals surface area (Å²) in [4.78, 5) is 3.40. The van der Waals surface area contributed by atoms with Gasteiger partial charge in [0.2, 0.25) is 0 Å². The Morgan fingerprint density at radius 1 is 0.600 bits per heavy atom. The molecule has 0 amide bonds. The molecule has 2 nitrogen and oxygen atoms in total. The first-order chi connectivity index (χ1) is 14.9. The molecule has 0 aliphatic rings. The number of rotatable bonds is 5. The Labute approximate surface area is 177 Å². The van der Waals surface area contributed by atoms with E-state index in [2.05, 4.69) is 114 Å². The Hall–Kier alpha value is -3.35. The number of hydrogen-bond donors (Lipinski definition) is 1. The summed E-state index contributed by atoms with van der Waals surface area (Å²) in [6, 6.07) is 39.3. The minimum atomic E-state index is -2.12. The number of nitrogens with one attached hydrogen (secondary N) is 1. The van der Waals surface area contributed by atoms with Crippen LogP contribution in [0.15, 0.2) is 115 Å². The molecule has 146 valence electrons. The number of H-pyrrole nitrogens is 1. The zero-order valence-corrected chi connectivity index (χ0v) is 17.7. The van der Waals surface area contributed by atoms with Crippen molar-refractivity contribution in [3.63, 3.8) is 0 Å². The minimum Gasteiger partial charge on any atom is -0.495 e. The molecule has 0 aliphatic carbocycles. The normalized spacial score (nSPS) is 11.5. The lowest BCUT2D eigenvalue weighted by Gasteiger charge is -2.28. The van der Waals surface area contributed by atoms with Crippen molar-refractivity contribution in [2.45, 2.75) is 0 Å². The van der Waals surface area contributed by atoms with Gasteiger partial charge in [-0.25, -0.2) is 0 Å². The topological polar surface area (TPSA) is 25.0 Å². The van der Waals surface area contributed by atoms with Gasteiger partial charge in [-0.1, -0.05) is 54.6 Å². The summed E-state index contributed by atoms with van der Waals surface area (Å²) >= 11 is 0. The molecule has 1 heterocycles. The van der Waals surface area contributed by atoms with Gasteiger partial charge in [-0.3, -0.25) is 0 Å². The van der Waals surface area contributed by atoms with Crippen LogP contribution in [0.2, 0.25) is 0 Å². The zero-order valence-electron chi connectivity index (χ0n) is 16.8. The highest BCUT2D eigenvalue weighted by atomic mass is 31.2. The Kier molecular flexibility index (Phi) is 4.86. The maximum Gasteiger partial charge on any atom is 0.145 e. The van der Waals surface area contributed by atoms with E-state index in [0.29, 0.717) is 0 Å². The van der Waals surface area contributed by atoms with E-state index < -0.39 is 7.26 Å². The van der Waals surface area contributed by atoms with Crippen LogP contribution in [0.5, 0.6) is 5.75 Å². The fourth-order valence-electron chi connectivity index (χ4n) is 4.40. The lowest BCUT2D eigenvalue weighted by molar-refractivity contribution is 0.419. The molecule has 5 rings (SSSR count). The highest BCUT2D eigenvalue weighted by molar-refractivity contribution is 8.01. The van der Waals surface area contributed by atoms with E-state index in [1.54, 1.807) is 7.11 Å². The molecule has 0 spiro atoms. The van der Waals surface area contributed by atoms with Gasteiger partial charge in [-0.15, -0.1) is 0 Å². The van der Waals surface area contributed by atoms with Crippen LogP contribution in [0.1, 0.15) is 0 Å². The van der Waals surface area contributed by atoms with Crippen molar-refractivity contribution in [3.05, 3.63) is 115 Å². The van der Waals surface area contributed by atoms with Gasteiger partial charge in [0.1, 0.15) is 34.2 Å². The maximum atomic E-state index is 5.65. The van der Waals surface area contributed by atoms with Crippen molar-refractivity contribution < 1.29 is 4.74 Å². The molecule has 30 heavy (non-hydrogen) atoms. The monoisotopic (exact) mass is 408 g/mol. The molecule has 0 saturated carbocycles. The smallest absolute Gasteiger partial charge is 0.145 e. The molecule has 0 bridgehead atoms. The molecule has 4 aromatic carbocycles. The second-order valence-electron chi connectivity index (χ2n) is 7.23. The zero-order chi connectivity index (χ0) is 20.4. The first-order valence-electron chi connectivity index (χ1n) is 10.1. The summed E-state index contributed by atoms with van der Waals surface area (Å²) in [7, 11) is -0.398. The predicted molar refractivity (Wildman–Crippen MR) is 130 cm³/mol. The molecule has 0 unspecified atom stereocenters. The van der Waals surface area contributed by atoms with Crippen LogP contribution in [0.4, 0.5) is 0 Å². The van der Waals surface area contributed by atoms with Crippen molar-refractivity contribution in [1.82, 2.24) is 4.98 Å². The van der Waals surface area contributed by atoms with E-state index >= 15 is 0 Å². The molecule has 0 fully saturated rings. The molecular formula is C27H23NOP+. The molecule has 0 atom stereocenters. The SMILES string of the molecule is COc1ccc([P+](c2ccccc2)(c2ccccc2)c2ccccc2)c2cc[nH]c12. The third kappa shape index (κ3) is 2.84. The fraction of sp³-hybridized carbons (Fsp3) is 0.0370. The van der Waals surface area contributed by atoms with Gasteiger partial charge < -0.3 is 9.72 Å². The molecule has 1 aromatic heterocycles. The van der Waals surface area contributed by atoms with Gasteiger partial charge >= 0.3 is 0 Å². The first kappa shape index (κ1) is 18.7. The number of hydrogen-bond acceptors (Lipinski definition) is 1. The predicted octanol–water partition coefficient (Wildman–Crippen LogP) is 4.80. The Bertz CT molecular complexity index is 1170. The minimum absolute atomic E-state index is 0.867. The molecule has 3 heteroatoms. The summed E-state index contributed by atoms with van der Waals surface area (Å²) in [5, 5.41) is 6.57. The third-order valence-corrected chi connectivity index (χ3v) is 10.0. The second-order valence-corrected chi connectivity index (χ2v) is 10.6. The van der Waals surface area contributed by atoms with Crippen LogP contribution in [0, 0.1) is 0 Å². The summed E-state index contributed by atoms with van der Waals surface area (Å²) < 4.78 is 5.65. The van der Waals surface area contributed by atoms with Gasteiger partial charge in [-0.05, 0) is 54.6 Å². The van der Waals surface area contributed by atoms with Crippen molar-refractivity contribution >= 4 is 39.4 Å². The van der Waals surface area contributed by atoms with E-state index in [1.165, 1.54) is 26.6 Å². The molecule has 0 aliphatic heterocycles. The molecule has 0 radical (unpaired) electrons.